The highest BCUT2D eigenvalue weighted by Gasteiger charge is 2.43. The van der Waals surface area contributed by atoms with E-state index in [4.69, 9.17) is 11.5 Å². The van der Waals surface area contributed by atoms with E-state index in [0.29, 0.717) is 16.9 Å². The third-order valence-corrected chi connectivity index (χ3v) is 5.56. The molecule has 2 aliphatic rings. The Morgan fingerprint density at radius 3 is 2.34 bits per heavy atom. The van der Waals surface area contributed by atoms with Gasteiger partial charge < -0.3 is 16.8 Å². The number of hydrogen-bond acceptors (Lipinski definition) is 7. The molecular weight excluding hydrogens is 408 g/mol. The lowest BCUT2D eigenvalue weighted by molar-refractivity contribution is 0.0938. The lowest BCUT2D eigenvalue weighted by atomic mass is 9.87. The van der Waals surface area contributed by atoms with E-state index in [0.717, 1.165) is 32.1 Å². The molecule has 0 unspecified atom stereocenters. The largest absolute Gasteiger partial charge is 0.369 e. The summed E-state index contributed by atoms with van der Waals surface area (Å²) in [7, 11) is 0. The number of carbonyl (C=O) groups excluding carboxylic acids is 2. The van der Waals surface area contributed by atoms with Crippen molar-refractivity contribution >= 4 is 35.2 Å². The zero-order chi connectivity index (χ0) is 22.6. The maximum Gasteiger partial charge on any atom is 0.337 e. The SMILES string of the molecule is NC1=NC2(CCCCC2)N(c2ccccc2C(=O)NNC(=O)Nc2ccccc2)C(N)=N1. The van der Waals surface area contributed by atoms with Crippen molar-refractivity contribution in [1.29, 1.82) is 0 Å². The molecule has 10 nitrogen and oxygen atoms in total. The molecule has 0 radical (unpaired) electrons. The summed E-state index contributed by atoms with van der Waals surface area (Å²) in [5.41, 5.74) is 17.8. The predicted octanol–water partition coefficient (Wildman–Crippen LogP) is 2.26. The van der Waals surface area contributed by atoms with Gasteiger partial charge in [-0.05, 0) is 49.9 Å². The Morgan fingerprint density at radius 1 is 0.906 bits per heavy atom. The van der Waals surface area contributed by atoms with Crippen molar-refractivity contribution in [3.8, 4) is 0 Å². The van der Waals surface area contributed by atoms with Crippen LogP contribution in [0.15, 0.2) is 64.6 Å². The van der Waals surface area contributed by atoms with Crippen molar-refractivity contribution in [1.82, 2.24) is 10.9 Å². The maximum atomic E-state index is 13.0. The summed E-state index contributed by atoms with van der Waals surface area (Å²) in [5, 5.41) is 2.64. The van der Waals surface area contributed by atoms with Gasteiger partial charge in [0, 0.05) is 5.69 Å². The quantitative estimate of drug-likeness (QED) is 0.470. The lowest BCUT2D eigenvalue weighted by Gasteiger charge is -2.46. The van der Waals surface area contributed by atoms with Crippen molar-refractivity contribution in [2.45, 2.75) is 37.8 Å². The Balaban J connectivity index is 1.55. The fraction of sp³-hybridized carbons (Fsp3) is 0.273. The second-order valence-electron chi connectivity index (χ2n) is 7.73. The number of hydrazine groups is 1. The van der Waals surface area contributed by atoms with Gasteiger partial charge in [-0.3, -0.25) is 15.1 Å². The first-order valence-electron chi connectivity index (χ1n) is 10.5. The fourth-order valence-corrected chi connectivity index (χ4v) is 4.20. The average Bonchev–Trinajstić information content (AvgIpc) is 2.78. The highest BCUT2D eigenvalue weighted by molar-refractivity contribution is 6.10. The zero-order valence-corrected chi connectivity index (χ0v) is 17.5. The molecule has 1 aliphatic carbocycles. The van der Waals surface area contributed by atoms with E-state index < -0.39 is 17.6 Å². The summed E-state index contributed by atoms with van der Waals surface area (Å²) in [6.07, 6.45) is 4.53. The Bertz CT molecular complexity index is 1060. The number of para-hydroxylation sites is 2. The van der Waals surface area contributed by atoms with Gasteiger partial charge in [-0.2, -0.15) is 4.99 Å². The van der Waals surface area contributed by atoms with Crippen LogP contribution in [0.3, 0.4) is 0 Å². The Kier molecular flexibility index (Phi) is 5.93. The topological polar surface area (TPSA) is 150 Å². The average molecular weight is 435 g/mol. The second-order valence-corrected chi connectivity index (χ2v) is 7.73. The summed E-state index contributed by atoms with van der Waals surface area (Å²) < 4.78 is 0. The number of nitrogens with zero attached hydrogens (tertiary/aromatic N) is 3. The first kappa shape index (κ1) is 21.2. The minimum Gasteiger partial charge on any atom is -0.369 e. The predicted molar refractivity (Wildman–Crippen MR) is 124 cm³/mol. The lowest BCUT2D eigenvalue weighted by Crippen LogP contribution is -2.58. The standard InChI is InChI=1S/C22H26N8O2/c23-19-26-20(24)30(22(27-19)13-7-2-8-14-22)17-12-6-5-11-16(17)18(31)28-29-21(32)25-15-9-3-1-4-10-15/h1,3-6,9-12H,2,7-8,13-14H2,(H,28,31)(H2,25,29,32)(H4,23,24,26,27). The number of aliphatic imine (C=N–C) groups is 2. The van der Waals surface area contributed by atoms with Crippen LogP contribution in [0.4, 0.5) is 16.2 Å². The van der Waals surface area contributed by atoms with Crippen molar-refractivity contribution in [3.05, 3.63) is 60.2 Å². The van der Waals surface area contributed by atoms with Crippen LogP contribution >= 0.6 is 0 Å². The number of hydrogen-bond donors (Lipinski definition) is 5. The molecule has 10 heteroatoms. The number of anilines is 2. The van der Waals surface area contributed by atoms with Crippen LogP contribution in [0, 0.1) is 0 Å². The molecule has 4 rings (SSSR count). The van der Waals surface area contributed by atoms with Crippen molar-refractivity contribution < 1.29 is 9.59 Å². The van der Waals surface area contributed by atoms with E-state index in [-0.39, 0.29) is 11.9 Å². The smallest absolute Gasteiger partial charge is 0.337 e. The molecule has 0 bridgehead atoms. The van der Waals surface area contributed by atoms with Crippen LogP contribution in [0.1, 0.15) is 42.5 Å². The normalized spacial score (nSPS) is 17.2. The molecule has 3 amide bonds. The van der Waals surface area contributed by atoms with E-state index in [9.17, 15) is 9.59 Å². The maximum absolute atomic E-state index is 13.0. The van der Waals surface area contributed by atoms with Crippen LogP contribution in [-0.4, -0.2) is 29.5 Å². The molecule has 1 spiro atoms. The molecule has 166 valence electrons. The fourth-order valence-electron chi connectivity index (χ4n) is 4.20. The third-order valence-electron chi connectivity index (χ3n) is 5.56. The minimum absolute atomic E-state index is 0.141. The number of carbonyl (C=O) groups is 2. The van der Waals surface area contributed by atoms with Gasteiger partial charge in [0.15, 0.2) is 0 Å². The van der Waals surface area contributed by atoms with Crippen LogP contribution in [0.25, 0.3) is 0 Å². The Labute approximate surface area is 185 Å². The molecule has 0 saturated heterocycles. The molecule has 32 heavy (non-hydrogen) atoms. The van der Waals surface area contributed by atoms with Gasteiger partial charge in [0.25, 0.3) is 5.91 Å². The first-order valence-corrected chi connectivity index (χ1v) is 10.5. The van der Waals surface area contributed by atoms with Gasteiger partial charge in [0.05, 0.1) is 11.3 Å². The van der Waals surface area contributed by atoms with Crippen molar-refractivity contribution in [2.24, 2.45) is 21.5 Å². The molecule has 0 atom stereocenters. The Morgan fingerprint density at radius 2 is 1.59 bits per heavy atom. The molecule has 0 aromatic heterocycles. The van der Waals surface area contributed by atoms with Crippen LogP contribution in [0.2, 0.25) is 0 Å². The summed E-state index contributed by atoms with van der Waals surface area (Å²) in [6, 6.07) is 15.3. The van der Waals surface area contributed by atoms with E-state index in [2.05, 4.69) is 26.2 Å². The monoisotopic (exact) mass is 434 g/mol. The number of benzene rings is 2. The highest BCUT2D eigenvalue weighted by atomic mass is 16.2. The number of nitrogens with two attached hydrogens (primary N) is 2. The molecular formula is C22H26N8O2. The second kappa shape index (κ2) is 8.96. The van der Waals surface area contributed by atoms with Gasteiger partial charge in [0.2, 0.25) is 11.9 Å². The minimum atomic E-state index is -0.678. The summed E-state index contributed by atoms with van der Waals surface area (Å²) in [6.45, 7) is 0. The molecule has 2 aromatic rings. The van der Waals surface area contributed by atoms with Gasteiger partial charge >= 0.3 is 6.03 Å². The van der Waals surface area contributed by atoms with Crippen LogP contribution in [0.5, 0.6) is 0 Å². The number of nitrogens with one attached hydrogen (secondary N) is 3. The van der Waals surface area contributed by atoms with Gasteiger partial charge in [-0.15, -0.1) is 0 Å². The van der Waals surface area contributed by atoms with Crippen molar-refractivity contribution in [3.63, 3.8) is 0 Å². The number of rotatable bonds is 3. The molecule has 1 aliphatic heterocycles. The molecule has 1 fully saturated rings. The van der Waals surface area contributed by atoms with Crippen molar-refractivity contribution in [2.75, 3.05) is 10.2 Å². The highest BCUT2D eigenvalue weighted by Crippen LogP contribution is 2.40. The number of guanidine groups is 2. The molecule has 2 aromatic carbocycles. The van der Waals surface area contributed by atoms with E-state index >= 15 is 0 Å². The summed E-state index contributed by atoms with van der Waals surface area (Å²) in [5.74, 6) is -0.165. The molecule has 1 saturated carbocycles. The van der Waals surface area contributed by atoms with Crippen LogP contribution in [-0.2, 0) is 0 Å². The zero-order valence-electron chi connectivity index (χ0n) is 17.5. The molecule has 1 heterocycles. The van der Waals surface area contributed by atoms with E-state index in [1.165, 1.54) is 0 Å². The van der Waals surface area contributed by atoms with Gasteiger partial charge in [-0.25, -0.2) is 15.2 Å². The number of urea groups is 1. The van der Waals surface area contributed by atoms with E-state index in [1.54, 1.807) is 47.4 Å². The third kappa shape index (κ3) is 4.34. The summed E-state index contributed by atoms with van der Waals surface area (Å²) >= 11 is 0. The Hall–Kier alpha value is -4.08. The van der Waals surface area contributed by atoms with Gasteiger partial charge in [-0.1, -0.05) is 36.8 Å². The number of amides is 3. The summed E-state index contributed by atoms with van der Waals surface area (Å²) in [4.78, 5) is 35.7. The first-order chi connectivity index (χ1) is 15.5. The van der Waals surface area contributed by atoms with Crippen LogP contribution < -0.4 is 32.5 Å². The van der Waals surface area contributed by atoms with Gasteiger partial charge in [0.1, 0.15) is 5.66 Å². The molecule has 7 N–H and O–H groups in total. The van der Waals surface area contributed by atoms with E-state index in [1.807, 2.05) is 12.1 Å².